The van der Waals surface area contributed by atoms with Gasteiger partial charge in [0, 0.05) is 11.5 Å². The summed E-state index contributed by atoms with van der Waals surface area (Å²) >= 11 is 0. The summed E-state index contributed by atoms with van der Waals surface area (Å²) in [5.74, 6) is 1.42. The summed E-state index contributed by atoms with van der Waals surface area (Å²) in [6, 6.07) is 3.70. The third-order valence-corrected chi connectivity index (χ3v) is 2.72. The molecule has 0 unspecified atom stereocenters. The minimum absolute atomic E-state index is 0.244. The first-order chi connectivity index (χ1) is 8.42. The van der Waals surface area contributed by atoms with Crippen molar-refractivity contribution in [3.05, 3.63) is 24.7 Å². The number of aromatic nitrogens is 4. The van der Waals surface area contributed by atoms with Crippen molar-refractivity contribution in [1.82, 2.24) is 20.2 Å². The zero-order valence-corrected chi connectivity index (χ0v) is 8.62. The molecule has 4 rings (SSSR count). The second-order valence-electron chi connectivity index (χ2n) is 3.67. The van der Waals surface area contributed by atoms with Crippen molar-refractivity contribution < 1.29 is 9.47 Å². The third kappa shape index (κ3) is 1.14. The van der Waals surface area contributed by atoms with E-state index in [2.05, 4.69) is 20.2 Å². The van der Waals surface area contributed by atoms with Crippen molar-refractivity contribution in [3.8, 4) is 11.5 Å². The Hall–Kier alpha value is -2.50. The fourth-order valence-corrected chi connectivity index (χ4v) is 1.93. The molecule has 1 aliphatic rings. The summed E-state index contributed by atoms with van der Waals surface area (Å²) in [6.07, 6.45) is 3.08. The highest BCUT2D eigenvalue weighted by molar-refractivity contribution is 6.02. The van der Waals surface area contributed by atoms with Gasteiger partial charge in [-0.15, -0.1) is 10.2 Å². The van der Waals surface area contributed by atoms with E-state index in [1.165, 1.54) is 6.33 Å². The Balaban J connectivity index is 2.19. The Morgan fingerprint density at radius 2 is 1.88 bits per heavy atom. The van der Waals surface area contributed by atoms with Gasteiger partial charge in [-0.3, -0.25) is 4.98 Å². The number of nitrogens with zero attached hydrogens (tertiary/aromatic N) is 4. The minimum Gasteiger partial charge on any atom is -0.454 e. The highest BCUT2D eigenvalue weighted by atomic mass is 16.7. The fraction of sp³-hybridized carbons (Fsp3) is 0.0909. The molecule has 0 amide bonds. The normalized spacial score (nSPS) is 13.4. The van der Waals surface area contributed by atoms with E-state index in [1.807, 2.05) is 12.1 Å². The Morgan fingerprint density at radius 3 is 2.82 bits per heavy atom. The standard InChI is InChI=1S/C11H6N4O2/c1-6-7(2-10-9(1)16-5-17-10)12-3-8-11(6)15-14-4-13-8/h1-4H,5H2. The van der Waals surface area contributed by atoms with E-state index in [1.54, 1.807) is 6.20 Å². The Morgan fingerprint density at radius 1 is 1.00 bits per heavy atom. The molecule has 0 atom stereocenters. The van der Waals surface area contributed by atoms with Gasteiger partial charge in [0.1, 0.15) is 17.4 Å². The molecule has 3 heterocycles. The molecule has 6 nitrogen and oxygen atoms in total. The fourth-order valence-electron chi connectivity index (χ4n) is 1.93. The molecule has 2 aromatic heterocycles. The second kappa shape index (κ2) is 3.00. The molecular weight excluding hydrogens is 220 g/mol. The molecule has 0 bridgehead atoms. The van der Waals surface area contributed by atoms with Crippen LogP contribution in [0.1, 0.15) is 0 Å². The number of hydrogen-bond acceptors (Lipinski definition) is 6. The van der Waals surface area contributed by atoms with Crippen LogP contribution in [0.15, 0.2) is 24.7 Å². The molecule has 0 saturated carbocycles. The van der Waals surface area contributed by atoms with Gasteiger partial charge in [0.25, 0.3) is 0 Å². The number of benzene rings is 1. The van der Waals surface area contributed by atoms with E-state index in [-0.39, 0.29) is 6.79 Å². The number of pyridine rings is 1. The molecule has 1 aliphatic heterocycles. The van der Waals surface area contributed by atoms with E-state index >= 15 is 0 Å². The average Bonchev–Trinajstić information content (AvgIpc) is 2.83. The maximum atomic E-state index is 5.34. The average molecular weight is 226 g/mol. The Kier molecular flexibility index (Phi) is 1.52. The van der Waals surface area contributed by atoms with Gasteiger partial charge in [-0.05, 0) is 6.07 Å². The van der Waals surface area contributed by atoms with Crippen LogP contribution in [-0.2, 0) is 0 Å². The highest BCUT2D eigenvalue weighted by Crippen LogP contribution is 2.36. The molecule has 0 radical (unpaired) electrons. The highest BCUT2D eigenvalue weighted by Gasteiger charge is 2.16. The van der Waals surface area contributed by atoms with Gasteiger partial charge >= 0.3 is 0 Å². The summed E-state index contributed by atoms with van der Waals surface area (Å²) in [5.41, 5.74) is 2.23. The van der Waals surface area contributed by atoms with Gasteiger partial charge in [0.05, 0.1) is 11.7 Å². The van der Waals surface area contributed by atoms with Crippen LogP contribution in [0.2, 0.25) is 0 Å². The first kappa shape index (κ1) is 8.63. The van der Waals surface area contributed by atoms with Crippen LogP contribution in [0.3, 0.4) is 0 Å². The number of ether oxygens (including phenoxy) is 2. The predicted molar refractivity (Wildman–Crippen MR) is 58.8 cm³/mol. The van der Waals surface area contributed by atoms with Crippen LogP contribution < -0.4 is 9.47 Å². The first-order valence-electron chi connectivity index (χ1n) is 5.07. The largest absolute Gasteiger partial charge is 0.454 e. The molecule has 17 heavy (non-hydrogen) atoms. The second-order valence-corrected chi connectivity index (χ2v) is 3.67. The lowest BCUT2D eigenvalue weighted by Crippen LogP contribution is -1.92. The van der Waals surface area contributed by atoms with Gasteiger partial charge in [-0.1, -0.05) is 0 Å². The summed E-state index contributed by atoms with van der Waals surface area (Å²) in [6.45, 7) is 0.244. The van der Waals surface area contributed by atoms with E-state index in [9.17, 15) is 0 Å². The Labute approximate surface area is 95.2 Å². The molecule has 0 aliphatic carbocycles. The number of rotatable bonds is 0. The zero-order valence-electron chi connectivity index (χ0n) is 8.62. The number of hydrogen-bond donors (Lipinski definition) is 0. The lowest BCUT2D eigenvalue weighted by Gasteiger charge is -2.02. The monoisotopic (exact) mass is 226 g/mol. The van der Waals surface area contributed by atoms with E-state index in [0.717, 1.165) is 16.4 Å². The Bertz CT molecular complexity index is 744. The lowest BCUT2D eigenvalue weighted by molar-refractivity contribution is 0.174. The van der Waals surface area contributed by atoms with Gasteiger partial charge in [-0.25, -0.2) is 4.98 Å². The van der Waals surface area contributed by atoms with Crippen LogP contribution in [0.4, 0.5) is 0 Å². The number of fused-ring (bicyclic) bond motifs is 4. The van der Waals surface area contributed by atoms with Crippen molar-refractivity contribution >= 4 is 21.9 Å². The predicted octanol–water partition coefficient (Wildman–Crippen LogP) is 1.30. The molecule has 0 spiro atoms. The molecule has 1 aromatic carbocycles. The third-order valence-electron chi connectivity index (χ3n) is 2.72. The van der Waals surface area contributed by atoms with Gasteiger partial charge < -0.3 is 9.47 Å². The molecule has 0 fully saturated rings. The SMILES string of the molecule is c1nnc2c(cnc3cc4c(cc32)OCO4)n1. The van der Waals surface area contributed by atoms with Crippen molar-refractivity contribution in [2.75, 3.05) is 6.79 Å². The lowest BCUT2D eigenvalue weighted by atomic mass is 10.1. The van der Waals surface area contributed by atoms with Gasteiger partial charge in [-0.2, -0.15) is 0 Å². The smallest absolute Gasteiger partial charge is 0.231 e. The van der Waals surface area contributed by atoms with Crippen molar-refractivity contribution in [2.45, 2.75) is 0 Å². The first-order valence-corrected chi connectivity index (χ1v) is 5.07. The maximum Gasteiger partial charge on any atom is 0.231 e. The van der Waals surface area contributed by atoms with Crippen molar-refractivity contribution in [2.24, 2.45) is 0 Å². The van der Waals surface area contributed by atoms with Crippen LogP contribution in [0.25, 0.3) is 21.9 Å². The van der Waals surface area contributed by atoms with Crippen LogP contribution in [-0.4, -0.2) is 27.0 Å². The summed E-state index contributed by atoms with van der Waals surface area (Å²) in [5, 5.41) is 8.75. The van der Waals surface area contributed by atoms with Gasteiger partial charge in [0.2, 0.25) is 6.79 Å². The van der Waals surface area contributed by atoms with Crippen LogP contribution >= 0.6 is 0 Å². The zero-order chi connectivity index (χ0) is 11.2. The molecule has 0 N–H and O–H groups in total. The topological polar surface area (TPSA) is 70.0 Å². The summed E-state index contributed by atoms with van der Waals surface area (Å²) in [7, 11) is 0. The van der Waals surface area contributed by atoms with Gasteiger partial charge in [0.15, 0.2) is 11.5 Å². The van der Waals surface area contributed by atoms with E-state index in [4.69, 9.17) is 9.47 Å². The maximum absolute atomic E-state index is 5.34. The molecule has 82 valence electrons. The van der Waals surface area contributed by atoms with Crippen LogP contribution in [0.5, 0.6) is 11.5 Å². The molecule has 6 heteroatoms. The summed E-state index contributed by atoms with van der Waals surface area (Å²) < 4.78 is 10.6. The quantitative estimate of drug-likeness (QED) is 0.538. The van der Waals surface area contributed by atoms with E-state index in [0.29, 0.717) is 17.0 Å². The van der Waals surface area contributed by atoms with Crippen molar-refractivity contribution in [3.63, 3.8) is 0 Å². The molecule has 0 saturated heterocycles. The van der Waals surface area contributed by atoms with E-state index < -0.39 is 0 Å². The minimum atomic E-state index is 0.244. The van der Waals surface area contributed by atoms with Crippen molar-refractivity contribution in [1.29, 1.82) is 0 Å². The summed E-state index contributed by atoms with van der Waals surface area (Å²) in [4.78, 5) is 8.44. The van der Waals surface area contributed by atoms with Crippen LogP contribution in [0, 0.1) is 0 Å². The molecule has 3 aromatic rings. The molecular formula is C11H6N4O2.